The molecule has 0 saturated heterocycles. The lowest BCUT2D eigenvalue weighted by molar-refractivity contribution is 0.473. The van der Waals surface area contributed by atoms with Crippen LogP contribution in [0.1, 0.15) is 20.8 Å². The van der Waals surface area contributed by atoms with Gasteiger partial charge in [-0.25, -0.2) is 0 Å². The van der Waals surface area contributed by atoms with E-state index in [0.717, 1.165) is 11.2 Å². The van der Waals surface area contributed by atoms with Crippen LogP contribution in [0.25, 0.3) is 0 Å². The van der Waals surface area contributed by atoms with Crippen molar-refractivity contribution in [3.63, 3.8) is 0 Å². The first-order chi connectivity index (χ1) is 5.99. The second-order valence-electron chi connectivity index (χ2n) is 3.48. The minimum absolute atomic E-state index is 0.147. The Balaban J connectivity index is 4.44. The normalized spacial score (nSPS) is 14.5. The highest BCUT2D eigenvalue weighted by atomic mass is 32.2. The number of hydrogen-bond acceptors (Lipinski definition) is 3. The van der Waals surface area contributed by atoms with Crippen molar-refractivity contribution in [1.82, 2.24) is 0 Å². The summed E-state index contributed by atoms with van der Waals surface area (Å²) >= 11 is 1.70. The lowest BCUT2D eigenvalue weighted by Gasteiger charge is -2.17. The van der Waals surface area contributed by atoms with Crippen molar-refractivity contribution >= 4 is 11.8 Å². The second kappa shape index (κ2) is 5.75. The van der Waals surface area contributed by atoms with Crippen molar-refractivity contribution in [2.24, 2.45) is 5.73 Å². The molecule has 0 saturated carbocycles. The summed E-state index contributed by atoms with van der Waals surface area (Å²) in [4.78, 5) is 1.03. The van der Waals surface area contributed by atoms with Crippen LogP contribution in [-0.4, -0.2) is 9.85 Å². The van der Waals surface area contributed by atoms with E-state index in [1.807, 2.05) is 12.2 Å². The number of hydrogen-bond donors (Lipinski definition) is 2. The number of thioether (sulfide) groups is 1. The fourth-order valence-corrected chi connectivity index (χ4v) is 1.71. The zero-order valence-electron chi connectivity index (χ0n) is 8.32. The monoisotopic (exact) mass is 199 g/mol. The molecule has 3 N–H and O–H groups in total. The van der Waals surface area contributed by atoms with Crippen molar-refractivity contribution in [3.8, 4) is 0 Å². The van der Waals surface area contributed by atoms with Gasteiger partial charge < -0.3 is 10.8 Å². The van der Waals surface area contributed by atoms with Gasteiger partial charge in [0.15, 0.2) is 0 Å². The van der Waals surface area contributed by atoms with E-state index in [4.69, 9.17) is 10.8 Å². The third-order valence-corrected chi connectivity index (χ3v) is 2.15. The van der Waals surface area contributed by atoms with Gasteiger partial charge in [0.25, 0.3) is 0 Å². The summed E-state index contributed by atoms with van der Waals surface area (Å²) in [5.74, 6) is 0. The highest BCUT2D eigenvalue weighted by Crippen LogP contribution is 2.31. The van der Waals surface area contributed by atoms with Gasteiger partial charge in [-0.05, 0) is 24.4 Å². The van der Waals surface area contributed by atoms with Crippen LogP contribution < -0.4 is 5.73 Å². The van der Waals surface area contributed by atoms with Crippen LogP contribution in [0.15, 0.2) is 35.6 Å². The fraction of sp³-hybridized carbons (Fsp3) is 0.400. The van der Waals surface area contributed by atoms with E-state index in [1.54, 1.807) is 17.8 Å². The van der Waals surface area contributed by atoms with Gasteiger partial charge in [-0.1, -0.05) is 20.8 Å². The Hall–Kier alpha value is -0.830. The van der Waals surface area contributed by atoms with Gasteiger partial charge in [0.1, 0.15) is 0 Å². The van der Waals surface area contributed by atoms with E-state index in [2.05, 4.69) is 20.8 Å². The quantitative estimate of drug-likeness (QED) is 0.542. The van der Waals surface area contributed by atoms with Crippen LogP contribution in [0, 0.1) is 0 Å². The van der Waals surface area contributed by atoms with E-state index in [9.17, 15) is 0 Å². The standard InChI is InChI=1S/C10H17NOS/c1-10(2,3)13-9(6-7-11)5-4-8-12/h4-8,12H,11H2,1-3H3/b7-6+,8-4-,9-5+. The molecular formula is C10H17NOS. The van der Waals surface area contributed by atoms with Crippen LogP contribution in [0.5, 0.6) is 0 Å². The summed E-state index contributed by atoms with van der Waals surface area (Å²) in [6.07, 6.45) is 7.71. The Bertz CT molecular complexity index is 224. The third-order valence-electron chi connectivity index (χ3n) is 1.03. The van der Waals surface area contributed by atoms with E-state index in [1.165, 1.54) is 6.20 Å². The summed E-state index contributed by atoms with van der Waals surface area (Å²) < 4.78 is 0.147. The first-order valence-electron chi connectivity index (χ1n) is 4.08. The zero-order chi connectivity index (χ0) is 10.3. The number of allylic oxidation sites excluding steroid dienone is 3. The van der Waals surface area contributed by atoms with Crippen molar-refractivity contribution in [2.45, 2.75) is 25.5 Å². The molecule has 0 rings (SSSR count). The molecule has 0 spiro atoms. The molecule has 0 aliphatic carbocycles. The molecule has 0 aliphatic heterocycles. The Morgan fingerprint density at radius 3 is 2.38 bits per heavy atom. The minimum atomic E-state index is 0.147. The smallest absolute Gasteiger partial charge is 0.0792 e. The largest absolute Gasteiger partial charge is 0.516 e. The Morgan fingerprint density at radius 2 is 2.00 bits per heavy atom. The maximum atomic E-state index is 8.49. The molecule has 0 radical (unpaired) electrons. The fourth-order valence-electron chi connectivity index (χ4n) is 0.710. The molecule has 0 heterocycles. The molecule has 3 heteroatoms. The second-order valence-corrected chi connectivity index (χ2v) is 5.38. The maximum Gasteiger partial charge on any atom is 0.0792 e. The van der Waals surface area contributed by atoms with Crippen molar-refractivity contribution < 1.29 is 5.11 Å². The van der Waals surface area contributed by atoms with Crippen molar-refractivity contribution in [2.75, 3.05) is 0 Å². The van der Waals surface area contributed by atoms with Crippen LogP contribution in [0.4, 0.5) is 0 Å². The summed E-state index contributed by atoms with van der Waals surface area (Å²) in [6.45, 7) is 6.37. The topological polar surface area (TPSA) is 46.2 Å². The van der Waals surface area contributed by atoms with E-state index in [-0.39, 0.29) is 4.75 Å². The van der Waals surface area contributed by atoms with Gasteiger partial charge >= 0.3 is 0 Å². The van der Waals surface area contributed by atoms with Crippen molar-refractivity contribution in [3.05, 3.63) is 35.6 Å². The van der Waals surface area contributed by atoms with Crippen LogP contribution in [0.3, 0.4) is 0 Å². The first kappa shape index (κ1) is 12.2. The van der Waals surface area contributed by atoms with Gasteiger partial charge in [-0.2, -0.15) is 0 Å². The number of aliphatic hydroxyl groups is 1. The average Bonchev–Trinajstić information content (AvgIpc) is 1.98. The molecule has 2 nitrogen and oxygen atoms in total. The van der Waals surface area contributed by atoms with Gasteiger partial charge in [-0.15, -0.1) is 11.8 Å². The Morgan fingerprint density at radius 1 is 1.38 bits per heavy atom. The van der Waals surface area contributed by atoms with Crippen LogP contribution in [-0.2, 0) is 0 Å². The number of rotatable bonds is 3. The predicted molar refractivity (Wildman–Crippen MR) is 60.5 cm³/mol. The van der Waals surface area contributed by atoms with E-state index in [0.29, 0.717) is 0 Å². The summed E-state index contributed by atoms with van der Waals surface area (Å²) in [7, 11) is 0. The molecule has 0 aliphatic rings. The summed E-state index contributed by atoms with van der Waals surface area (Å²) in [5.41, 5.74) is 5.30. The predicted octanol–water partition coefficient (Wildman–Crippen LogP) is 2.95. The molecule has 0 unspecified atom stereocenters. The van der Waals surface area contributed by atoms with Crippen LogP contribution >= 0.6 is 11.8 Å². The first-order valence-corrected chi connectivity index (χ1v) is 4.89. The summed E-state index contributed by atoms with van der Waals surface area (Å²) in [5, 5.41) is 8.49. The molecule has 0 aromatic heterocycles. The maximum absolute atomic E-state index is 8.49. The lowest BCUT2D eigenvalue weighted by atomic mass is 10.3. The lowest BCUT2D eigenvalue weighted by Crippen LogP contribution is -2.06. The Kier molecular flexibility index (Phi) is 5.39. The zero-order valence-corrected chi connectivity index (χ0v) is 9.14. The number of nitrogens with two attached hydrogens (primary N) is 1. The van der Waals surface area contributed by atoms with Crippen molar-refractivity contribution in [1.29, 1.82) is 0 Å². The van der Waals surface area contributed by atoms with E-state index >= 15 is 0 Å². The highest BCUT2D eigenvalue weighted by molar-refractivity contribution is 8.04. The third kappa shape index (κ3) is 7.53. The number of aliphatic hydroxyl groups excluding tert-OH is 1. The molecule has 74 valence electrons. The van der Waals surface area contributed by atoms with E-state index < -0.39 is 0 Å². The van der Waals surface area contributed by atoms with Gasteiger partial charge in [0.2, 0.25) is 0 Å². The molecule has 13 heavy (non-hydrogen) atoms. The highest BCUT2D eigenvalue weighted by Gasteiger charge is 2.11. The molecule has 0 amide bonds. The average molecular weight is 199 g/mol. The van der Waals surface area contributed by atoms with Gasteiger partial charge in [-0.3, -0.25) is 0 Å². The molecule has 0 fully saturated rings. The SMILES string of the molecule is CC(C)(C)SC(/C=C/N)=C/C=C\O. The van der Waals surface area contributed by atoms with Gasteiger partial charge in [0.05, 0.1) is 6.26 Å². The molecule has 0 aromatic rings. The summed E-state index contributed by atoms with van der Waals surface area (Å²) in [6, 6.07) is 0. The molecular weight excluding hydrogens is 182 g/mol. The molecule has 0 aromatic carbocycles. The van der Waals surface area contributed by atoms with Gasteiger partial charge in [0, 0.05) is 9.65 Å². The molecule has 0 atom stereocenters. The Labute approximate surface area is 84.2 Å². The van der Waals surface area contributed by atoms with Crippen LogP contribution in [0.2, 0.25) is 0 Å². The minimum Gasteiger partial charge on any atom is -0.516 e. The molecule has 0 bridgehead atoms.